The molecule has 2 amide bonds. The SMILES string of the molecule is O=C(NCCC(=O)N1CCC(C(=O)c2cc(F)ccc2F)CC1)c1ccccc1. The van der Waals surface area contributed by atoms with Gasteiger partial charge in [0, 0.05) is 37.5 Å². The molecule has 0 bridgehead atoms. The summed E-state index contributed by atoms with van der Waals surface area (Å²) in [5, 5.41) is 2.71. The average Bonchev–Trinajstić information content (AvgIpc) is 2.75. The topological polar surface area (TPSA) is 66.5 Å². The molecule has 0 spiro atoms. The largest absolute Gasteiger partial charge is 0.352 e. The van der Waals surface area contributed by atoms with Crippen molar-refractivity contribution in [2.24, 2.45) is 5.92 Å². The lowest BCUT2D eigenvalue weighted by Gasteiger charge is -2.31. The molecule has 5 nitrogen and oxygen atoms in total. The molecule has 0 unspecified atom stereocenters. The number of carbonyl (C=O) groups is 3. The zero-order valence-corrected chi connectivity index (χ0v) is 15.9. The van der Waals surface area contributed by atoms with Crippen LogP contribution in [0.3, 0.4) is 0 Å². The highest BCUT2D eigenvalue weighted by Crippen LogP contribution is 2.24. The van der Waals surface area contributed by atoms with E-state index in [0.29, 0.717) is 31.5 Å². The lowest BCUT2D eigenvalue weighted by atomic mass is 9.88. The molecule has 1 aliphatic rings. The number of ketones is 1. The number of hydrogen-bond acceptors (Lipinski definition) is 3. The minimum absolute atomic E-state index is 0.110. The Morgan fingerprint density at radius 3 is 2.38 bits per heavy atom. The van der Waals surface area contributed by atoms with Crippen LogP contribution < -0.4 is 5.32 Å². The van der Waals surface area contributed by atoms with E-state index in [1.807, 2.05) is 6.07 Å². The van der Waals surface area contributed by atoms with E-state index in [1.54, 1.807) is 29.2 Å². The van der Waals surface area contributed by atoms with Gasteiger partial charge in [-0.1, -0.05) is 18.2 Å². The van der Waals surface area contributed by atoms with E-state index in [9.17, 15) is 23.2 Å². The summed E-state index contributed by atoms with van der Waals surface area (Å²) in [7, 11) is 0. The maximum Gasteiger partial charge on any atom is 0.251 e. The quantitative estimate of drug-likeness (QED) is 0.758. The highest BCUT2D eigenvalue weighted by Gasteiger charge is 2.29. The van der Waals surface area contributed by atoms with Gasteiger partial charge in [-0.2, -0.15) is 0 Å². The van der Waals surface area contributed by atoms with Crippen molar-refractivity contribution in [1.82, 2.24) is 10.2 Å². The summed E-state index contributed by atoms with van der Waals surface area (Å²) < 4.78 is 27.1. The van der Waals surface area contributed by atoms with Gasteiger partial charge in [0.25, 0.3) is 5.91 Å². The molecule has 7 heteroatoms. The van der Waals surface area contributed by atoms with Gasteiger partial charge in [0.05, 0.1) is 5.56 Å². The number of nitrogens with one attached hydrogen (secondary N) is 1. The van der Waals surface area contributed by atoms with Gasteiger partial charge in [-0.05, 0) is 43.2 Å². The molecule has 1 fully saturated rings. The van der Waals surface area contributed by atoms with Crippen LogP contribution in [0.5, 0.6) is 0 Å². The Hall–Kier alpha value is -3.09. The fourth-order valence-corrected chi connectivity index (χ4v) is 3.43. The number of likely N-dealkylation sites (tertiary alicyclic amines) is 1. The molecular weight excluding hydrogens is 378 g/mol. The van der Waals surface area contributed by atoms with Crippen molar-refractivity contribution in [3.8, 4) is 0 Å². The molecule has 0 radical (unpaired) electrons. The predicted molar refractivity (Wildman–Crippen MR) is 103 cm³/mol. The summed E-state index contributed by atoms with van der Waals surface area (Å²) >= 11 is 0. The third-order valence-corrected chi connectivity index (χ3v) is 5.07. The number of halogens is 2. The van der Waals surface area contributed by atoms with Gasteiger partial charge in [0.15, 0.2) is 5.78 Å². The molecule has 1 heterocycles. The van der Waals surface area contributed by atoms with E-state index in [2.05, 4.69) is 5.32 Å². The van der Waals surface area contributed by atoms with Gasteiger partial charge in [-0.25, -0.2) is 8.78 Å². The third-order valence-electron chi connectivity index (χ3n) is 5.07. The second kappa shape index (κ2) is 9.41. The summed E-state index contributed by atoms with van der Waals surface area (Å²) in [6.07, 6.45) is 0.962. The summed E-state index contributed by atoms with van der Waals surface area (Å²) in [6.45, 7) is 0.970. The Labute approximate surface area is 167 Å². The van der Waals surface area contributed by atoms with Crippen molar-refractivity contribution in [3.05, 3.63) is 71.3 Å². The van der Waals surface area contributed by atoms with Gasteiger partial charge < -0.3 is 10.2 Å². The first-order valence-corrected chi connectivity index (χ1v) is 9.56. The number of Topliss-reactive ketones (excluding diaryl/α,β-unsaturated/α-hetero) is 1. The van der Waals surface area contributed by atoms with Crippen molar-refractivity contribution in [1.29, 1.82) is 0 Å². The molecule has 29 heavy (non-hydrogen) atoms. The van der Waals surface area contributed by atoms with E-state index >= 15 is 0 Å². The normalized spacial score (nSPS) is 14.5. The number of hydrogen-bond donors (Lipinski definition) is 1. The van der Waals surface area contributed by atoms with Gasteiger partial charge in [-0.3, -0.25) is 14.4 Å². The van der Waals surface area contributed by atoms with E-state index in [-0.39, 0.29) is 30.3 Å². The number of nitrogens with zero attached hydrogens (tertiary/aromatic N) is 1. The molecule has 2 aromatic carbocycles. The van der Waals surface area contributed by atoms with Crippen molar-refractivity contribution >= 4 is 17.6 Å². The lowest BCUT2D eigenvalue weighted by Crippen LogP contribution is -2.41. The second-order valence-electron chi connectivity index (χ2n) is 7.02. The van der Waals surface area contributed by atoms with Crippen LogP contribution in [-0.4, -0.2) is 42.1 Å². The molecule has 3 rings (SSSR count). The summed E-state index contributed by atoms with van der Waals surface area (Å²) in [6, 6.07) is 11.6. The standard InChI is InChI=1S/C22H22F2N2O3/c23-17-6-7-19(24)18(14-17)21(28)15-9-12-26(13-10-15)20(27)8-11-25-22(29)16-4-2-1-3-5-16/h1-7,14-15H,8-13H2,(H,25,29). The molecule has 1 N–H and O–H groups in total. The van der Waals surface area contributed by atoms with Crippen LogP contribution in [0.1, 0.15) is 40.0 Å². The predicted octanol–water partition coefficient (Wildman–Crippen LogP) is 3.21. The molecule has 0 aliphatic carbocycles. The lowest BCUT2D eigenvalue weighted by molar-refractivity contribution is -0.132. The monoisotopic (exact) mass is 400 g/mol. The number of carbonyl (C=O) groups excluding carboxylic acids is 3. The Morgan fingerprint density at radius 2 is 1.69 bits per heavy atom. The van der Waals surface area contributed by atoms with Crippen LogP contribution in [0.25, 0.3) is 0 Å². The fraction of sp³-hybridized carbons (Fsp3) is 0.318. The van der Waals surface area contributed by atoms with Gasteiger partial charge in [0.1, 0.15) is 11.6 Å². The van der Waals surface area contributed by atoms with Crippen molar-refractivity contribution in [2.45, 2.75) is 19.3 Å². The fourth-order valence-electron chi connectivity index (χ4n) is 3.43. The van der Waals surface area contributed by atoms with Gasteiger partial charge in [-0.15, -0.1) is 0 Å². The molecule has 1 saturated heterocycles. The summed E-state index contributed by atoms with van der Waals surface area (Å²) in [5.74, 6) is -2.60. The first kappa shape index (κ1) is 20.6. The number of piperidine rings is 1. The van der Waals surface area contributed by atoms with Crippen LogP contribution >= 0.6 is 0 Å². The maximum atomic E-state index is 13.8. The number of benzene rings is 2. The van der Waals surface area contributed by atoms with Crippen LogP contribution in [0.15, 0.2) is 48.5 Å². The van der Waals surface area contributed by atoms with Crippen molar-refractivity contribution in [3.63, 3.8) is 0 Å². The first-order chi connectivity index (χ1) is 14.0. The zero-order valence-electron chi connectivity index (χ0n) is 15.9. The van der Waals surface area contributed by atoms with E-state index in [1.165, 1.54) is 0 Å². The molecule has 0 saturated carbocycles. The Balaban J connectivity index is 1.45. The van der Waals surface area contributed by atoms with E-state index in [4.69, 9.17) is 0 Å². The van der Waals surface area contributed by atoms with E-state index < -0.39 is 23.3 Å². The van der Waals surface area contributed by atoms with Crippen LogP contribution in [0.4, 0.5) is 8.78 Å². The van der Waals surface area contributed by atoms with Crippen LogP contribution in [0, 0.1) is 17.6 Å². The maximum absolute atomic E-state index is 13.8. The molecular formula is C22H22F2N2O3. The molecule has 2 aromatic rings. The Kier molecular flexibility index (Phi) is 6.69. The minimum atomic E-state index is -0.732. The first-order valence-electron chi connectivity index (χ1n) is 9.56. The highest BCUT2D eigenvalue weighted by molar-refractivity contribution is 5.98. The third kappa shape index (κ3) is 5.25. The van der Waals surface area contributed by atoms with Crippen LogP contribution in [0.2, 0.25) is 0 Å². The highest BCUT2D eigenvalue weighted by atomic mass is 19.1. The second-order valence-corrected chi connectivity index (χ2v) is 7.02. The van der Waals surface area contributed by atoms with Crippen LogP contribution in [-0.2, 0) is 4.79 Å². The van der Waals surface area contributed by atoms with Crippen molar-refractivity contribution in [2.75, 3.05) is 19.6 Å². The van der Waals surface area contributed by atoms with Crippen molar-refractivity contribution < 1.29 is 23.2 Å². The molecule has 1 aliphatic heterocycles. The minimum Gasteiger partial charge on any atom is -0.352 e. The van der Waals surface area contributed by atoms with E-state index in [0.717, 1.165) is 18.2 Å². The molecule has 0 atom stereocenters. The smallest absolute Gasteiger partial charge is 0.251 e. The number of rotatable bonds is 6. The molecule has 0 aromatic heterocycles. The summed E-state index contributed by atoms with van der Waals surface area (Å²) in [5.41, 5.74) is 0.294. The van der Waals surface area contributed by atoms with Gasteiger partial charge >= 0.3 is 0 Å². The van der Waals surface area contributed by atoms with Gasteiger partial charge in [0.2, 0.25) is 5.91 Å². The molecule has 152 valence electrons. The number of amides is 2. The summed E-state index contributed by atoms with van der Waals surface area (Å²) in [4.78, 5) is 38.4. The zero-order chi connectivity index (χ0) is 20.8. The Morgan fingerprint density at radius 1 is 1.00 bits per heavy atom. The Bertz CT molecular complexity index is 894. The average molecular weight is 400 g/mol.